The molecule has 4 aromatic rings. The number of anilines is 4. The maximum absolute atomic E-state index is 13.1. The van der Waals surface area contributed by atoms with Crippen LogP contribution in [0.15, 0.2) is 97.1 Å². The van der Waals surface area contributed by atoms with Crippen LogP contribution < -0.4 is 20.4 Å². The van der Waals surface area contributed by atoms with Gasteiger partial charge in [-0.25, -0.2) is 0 Å². The highest BCUT2D eigenvalue weighted by Gasteiger charge is 2.13. The predicted octanol–water partition coefficient (Wildman–Crippen LogP) is 4.03. The van der Waals surface area contributed by atoms with Crippen molar-refractivity contribution in [3.05, 3.63) is 119 Å². The number of aliphatic hydroxyl groups is 4. The van der Waals surface area contributed by atoms with Gasteiger partial charge in [-0.05, 0) is 97.1 Å². The molecular formula is C37H44N4O7. The van der Waals surface area contributed by atoms with Gasteiger partial charge in [0.1, 0.15) is 0 Å². The molecular weight excluding hydrogens is 612 g/mol. The number of amides is 2. The van der Waals surface area contributed by atoms with Gasteiger partial charge in [0.25, 0.3) is 11.8 Å². The van der Waals surface area contributed by atoms with E-state index in [0.29, 0.717) is 59.8 Å². The molecule has 4 rings (SSSR count). The second-order valence-corrected chi connectivity index (χ2v) is 10.4. The quantitative estimate of drug-likeness (QED) is 0.0978. The van der Waals surface area contributed by atoms with Gasteiger partial charge in [-0.2, -0.15) is 0 Å². The van der Waals surface area contributed by atoms with Crippen LogP contribution in [-0.2, 0) is 0 Å². The van der Waals surface area contributed by atoms with E-state index < -0.39 is 0 Å². The highest BCUT2D eigenvalue weighted by atomic mass is 16.3. The zero-order chi connectivity index (χ0) is 34.9. The molecule has 0 aromatic heterocycles. The fourth-order valence-corrected chi connectivity index (χ4v) is 4.85. The molecule has 11 nitrogen and oxygen atoms in total. The van der Waals surface area contributed by atoms with Crippen molar-refractivity contribution in [2.24, 2.45) is 0 Å². The first kappa shape index (κ1) is 37.4. The molecule has 2 amide bonds. The van der Waals surface area contributed by atoms with E-state index >= 15 is 0 Å². The van der Waals surface area contributed by atoms with E-state index in [1.165, 1.54) is 0 Å². The van der Waals surface area contributed by atoms with E-state index in [-0.39, 0.29) is 44.0 Å². The standard InChI is InChI=1S/C35H38N4O7.C2H6/c40-21-17-38(18-22-41)31-13-5-27(6-14-31)34(45)36-29-9-1-25(2-10-29)33(44)26-3-11-30(12-4-26)37-35(46)28-7-15-32(16-8-28)39(19-23-42)20-24-43;1-2/h1-16,40-43H,17-24H2,(H,36,45)(H,37,46);1-2H3. The fraction of sp³-hybridized carbons (Fsp3) is 0.270. The molecule has 11 heteroatoms. The summed E-state index contributed by atoms with van der Waals surface area (Å²) < 4.78 is 0. The number of nitrogens with one attached hydrogen (secondary N) is 2. The molecule has 0 heterocycles. The summed E-state index contributed by atoms with van der Waals surface area (Å²) in [4.78, 5) is 42.2. The first-order valence-electron chi connectivity index (χ1n) is 15.9. The SMILES string of the molecule is CC.O=C(Nc1ccc(C(=O)c2ccc(NC(=O)c3ccc(N(CCO)CCO)cc3)cc2)cc1)c1ccc(N(CCO)CCO)cc1. The van der Waals surface area contributed by atoms with Crippen molar-refractivity contribution in [3.63, 3.8) is 0 Å². The zero-order valence-corrected chi connectivity index (χ0v) is 27.3. The van der Waals surface area contributed by atoms with Gasteiger partial charge in [0.15, 0.2) is 5.78 Å². The molecule has 0 aliphatic heterocycles. The summed E-state index contributed by atoms with van der Waals surface area (Å²) in [5, 5.41) is 42.6. The lowest BCUT2D eigenvalue weighted by atomic mass is 10.0. The number of ketones is 1. The first-order chi connectivity index (χ1) is 23.4. The molecule has 0 aliphatic carbocycles. The third kappa shape index (κ3) is 10.5. The molecule has 0 bridgehead atoms. The number of nitrogens with zero attached hydrogens (tertiary/aromatic N) is 2. The van der Waals surface area contributed by atoms with Gasteiger partial charge in [-0.1, -0.05) is 13.8 Å². The van der Waals surface area contributed by atoms with Gasteiger partial charge in [-0.3, -0.25) is 14.4 Å². The monoisotopic (exact) mass is 656 g/mol. The van der Waals surface area contributed by atoms with Crippen molar-refractivity contribution in [1.82, 2.24) is 0 Å². The Morgan fingerprint density at radius 3 is 1.00 bits per heavy atom. The summed E-state index contributed by atoms with van der Waals surface area (Å²) >= 11 is 0. The third-order valence-corrected chi connectivity index (χ3v) is 7.28. The lowest BCUT2D eigenvalue weighted by molar-refractivity contribution is 0.101. The lowest BCUT2D eigenvalue weighted by Gasteiger charge is -2.23. The zero-order valence-electron chi connectivity index (χ0n) is 27.3. The van der Waals surface area contributed by atoms with Crippen LogP contribution in [0.1, 0.15) is 50.5 Å². The summed E-state index contributed by atoms with van der Waals surface area (Å²) in [5.41, 5.74) is 4.34. The Kier molecular flexibility index (Phi) is 15.2. The van der Waals surface area contributed by atoms with Gasteiger partial charge < -0.3 is 40.9 Å². The Morgan fingerprint density at radius 1 is 0.458 bits per heavy atom. The average Bonchev–Trinajstić information content (AvgIpc) is 3.13. The summed E-state index contributed by atoms with van der Waals surface area (Å²) in [6, 6.07) is 26.8. The fourth-order valence-electron chi connectivity index (χ4n) is 4.85. The Hall–Kier alpha value is -5.07. The highest BCUT2D eigenvalue weighted by molar-refractivity contribution is 6.10. The number of aliphatic hydroxyl groups excluding tert-OH is 4. The molecule has 4 aromatic carbocycles. The van der Waals surface area contributed by atoms with E-state index in [2.05, 4.69) is 10.6 Å². The minimum absolute atomic E-state index is 0.0543. The van der Waals surface area contributed by atoms with E-state index in [4.69, 9.17) is 0 Å². The van der Waals surface area contributed by atoms with E-state index in [0.717, 1.165) is 11.4 Å². The molecule has 0 atom stereocenters. The molecule has 0 unspecified atom stereocenters. The van der Waals surface area contributed by atoms with Gasteiger partial charge in [0.2, 0.25) is 0 Å². The maximum Gasteiger partial charge on any atom is 0.255 e. The molecule has 0 spiro atoms. The number of carbonyl (C=O) groups is 3. The average molecular weight is 657 g/mol. The van der Waals surface area contributed by atoms with Crippen LogP contribution in [0.2, 0.25) is 0 Å². The minimum Gasteiger partial charge on any atom is -0.395 e. The second kappa shape index (κ2) is 19.6. The molecule has 0 aliphatic rings. The molecule has 0 saturated carbocycles. The lowest BCUT2D eigenvalue weighted by Crippen LogP contribution is -2.29. The minimum atomic E-state index is -0.319. The van der Waals surface area contributed by atoms with Crippen LogP contribution in [0.4, 0.5) is 22.7 Å². The smallest absolute Gasteiger partial charge is 0.255 e. The largest absolute Gasteiger partial charge is 0.395 e. The van der Waals surface area contributed by atoms with Crippen LogP contribution in [0.3, 0.4) is 0 Å². The van der Waals surface area contributed by atoms with Gasteiger partial charge in [0.05, 0.1) is 26.4 Å². The number of rotatable bonds is 16. The Balaban J connectivity index is 0.00000307. The van der Waals surface area contributed by atoms with Crippen molar-refractivity contribution in [1.29, 1.82) is 0 Å². The number of benzene rings is 4. The second-order valence-electron chi connectivity index (χ2n) is 10.4. The maximum atomic E-state index is 13.1. The molecule has 254 valence electrons. The summed E-state index contributed by atoms with van der Waals surface area (Å²) in [5.74, 6) is -0.853. The third-order valence-electron chi connectivity index (χ3n) is 7.28. The summed E-state index contributed by atoms with van der Waals surface area (Å²) in [6.07, 6.45) is 0. The Morgan fingerprint density at radius 2 is 0.729 bits per heavy atom. The van der Waals surface area contributed by atoms with Gasteiger partial charge >= 0.3 is 0 Å². The van der Waals surface area contributed by atoms with E-state index in [9.17, 15) is 34.8 Å². The number of hydrogen-bond donors (Lipinski definition) is 6. The molecule has 0 saturated heterocycles. The van der Waals surface area contributed by atoms with Gasteiger partial charge in [-0.15, -0.1) is 0 Å². The van der Waals surface area contributed by atoms with Crippen molar-refractivity contribution < 1.29 is 34.8 Å². The highest BCUT2D eigenvalue weighted by Crippen LogP contribution is 2.20. The van der Waals surface area contributed by atoms with E-state index in [1.807, 2.05) is 23.6 Å². The van der Waals surface area contributed by atoms with Crippen LogP contribution >= 0.6 is 0 Å². The first-order valence-corrected chi connectivity index (χ1v) is 15.9. The van der Waals surface area contributed by atoms with Gasteiger partial charge in [0, 0.05) is 71.2 Å². The summed E-state index contributed by atoms with van der Waals surface area (Å²) in [6.45, 7) is 5.26. The number of hydrogen-bond acceptors (Lipinski definition) is 9. The number of carbonyl (C=O) groups excluding carboxylic acids is 3. The Labute approximate surface area is 281 Å². The van der Waals surface area contributed by atoms with Crippen molar-refractivity contribution in [3.8, 4) is 0 Å². The van der Waals surface area contributed by atoms with Crippen LogP contribution in [0, 0.1) is 0 Å². The van der Waals surface area contributed by atoms with Crippen molar-refractivity contribution in [2.75, 3.05) is 73.0 Å². The van der Waals surface area contributed by atoms with Crippen molar-refractivity contribution >= 4 is 40.3 Å². The van der Waals surface area contributed by atoms with Crippen LogP contribution in [-0.4, -0.2) is 90.6 Å². The molecule has 6 N–H and O–H groups in total. The normalized spacial score (nSPS) is 10.4. The van der Waals surface area contributed by atoms with E-state index in [1.54, 1.807) is 97.1 Å². The van der Waals surface area contributed by atoms with Crippen molar-refractivity contribution in [2.45, 2.75) is 13.8 Å². The topological polar surface area (TPSA) is 163 Å². The molecule has 0 fully saturated rings. The Bertz CT molecular complexity index is 1450. The van der Waals surface area contributed by atoms with Crippen LogP contribution in [0.25, 0.3) is 0 Å². The predicted molar refractivity (Wildman–Crippen MR) is 189 cm³/mol. The van der Waals surface area contributed by atoms with Crippen LogP contribution in [0.5, 0.6) is 0 Å². The molecule has 0 radical (unpaired) electrons. The molecule has 48 heavy (non-hydrogen) atoms. The summed E-state index contributed by atoms with van der Waals surface area (Å²) in [7, 11) is 0.